The average molecular weight is 613 g/mol. The Morgan fingerprint density at radius 3 is 2.05 bits per heavy atom. The Kier molecular flexibility index (Phi) is 11.6. The summed E-state index contributed by atoms with van der Waals surface area (Å²) in [5, 5.41) is 15.6. The molecule has 0 aliphatic carbocycles. The van der Waals surface area contributed by atoms with Crippen molar-refractivity contribution in [2.75, 3.05) is 51.3 Å². The van der Waals surface area contributed by atoms with Crippen LogP contribution in [0.3, 0.4) is 0 Å². The molecule has 0 aromatic heterocycles. The van der Waals surface area contributed by atoms with Crippen LogP contribution in [0.15, 0.2) is 60.7 Å². The van der Waals surface area contributed by atoms with Crippen molar-refractivity contribution < 1.29 is 43.3 Å². The smallest absolute Gasteiger partial charge is 0.333 e. The lowest BCUT2D eigenvalue weighted by Crippen LogP contribution is -2.63. The van der Waals surface area contributed by atoms with Gasteiger partial charge in [0, 0.05) is 50.9 Å². The van der Waals surface area contributed by atoms with Crippen LogP contribution >= 0.6 is 0 Å². The Morgan fingerprint density at radius 2 is 1.48 bits per heavy atom. The summed E-state index contributed by atoms with van der Waals surface area (Å²) in [5.74, 6) is -3.24. The van der Waals surface area contributed by atoms with Gasteiger partial charge in [-0.2, -0.15) is 0 Å². The lowest BCUT2D eigenvalue weighted by Gasteiger charge is -2.41. The molecule has 0 spiro atoms. The molecule has 44 heavy (non-hydrogen) atoms. The Bertz CT molecular complexity index is 1370. The number of hydrogen-bond acceptors (Lipinski definition) is 8. The van der Waals surface area contributed by atoms with E-state index in [-0.39, 0.29) is 18.9 Å². The quantitative estimate of drug-likeness (QED) is 0.303. The number of carbonyl (C=O) groups excluding carboxylic acids is 3. The first kappa shape index (κ1) is 33.7. The lowest BCUT2D eigenvalue weighted by molar-refractivity contribution is -0.156. The molecule has 2 aliphatic heterocycles. The van der Waals surface area contributed by atoms with E-state index >= 15 is 0 Å². The monoisotopic (exact) mass is 612 g/mol. The number of aliphatic carboxylic acids is 2. The van der Waals surface area contributed by atoms with Gasteiger partial charge in [-0.05, 0) is 44.5 Å². The summed E-state index contributed by atoms with van der Waals surface area (Å²) in [5.41, 5.74) is 0.413. The molecule has 4 amide bonds. The number of ether oxygens (including phenoxy) is 1. The standard InChI is InChI=1S/C27H33FN4O4.C4H4O4/c1-27(2)24(33)31(26(35)32(25(27)34)19-20-8-5-4-6-9-20)13-7-12-29-14-16-30(17-15-29)22-11-10-21(28)18-23(22)36-3;5-3(6)1-2-4(7)8/h4-6,8-11,18H,7,12-17,19H2,1-3H3;1-2H,(H,5,6)(H,7,8)/b;2-1+. The minimum atomic E-state index is -1.29. The maximum absolute atomic E-state index is 13.5. The first-order chi connectivity index (χ1) is 20.8. The fraction of sp³-hybridized carbons (Fsp3) is 0.387. The number of methoxy groups -OCH3 is 1. The van der Waals surface area contributed by atoms with Crippen molar-refractivity contribution in [3.63, 3.8) is 0 Å². The molecule has 2 aromatic carbocycles. The summed E-state index contributed by atoms with van der Waals surface area (Å²) in [4.78, 5) is 65.1. The normalized spacial score (nSPS) is 17.0. The van der Waals surface area contributed by atoms with Gasteiger partial charge in [0.2, 0.25) is 11.8 Å². The summed E-state index contributed by atoms with van der Waals surface area (Å²) in [6.07, 6.45) is 1.73. The van der Waals surface area contributed by atoms with Crippen LogP contribution in [0.25, 0.3) is 0 Å². The highest BCUT2D eigenvalue weighted by atomic mass is 19.1. The van der Waals surface area contributed by atoms with Crippen molar-refractivity contribution in [1.29, 1.82) is 0 Å². The maximum atomic E-state index is 13.5. The number of anilines is 1. The number of halogens is 1. The third-order valence-corrected chi connectivity index (χ3v) is 7.28. The summed E-state index contributed by atoms with van der Waals surface area (Å²) in [7, 11) is 1.54. The summed E-state index contributed by atoms with van der Waals surface area (Å²) in [6.45, 7) is 7.39. The summed E-state index contributed by atoms with van der Waals surface area (Å²) < 4.78 is 18.9. The second-order valence-corrected chi connectivity index (χ2v) is 10.7. The van der Waals surface area contributed by atoms with E-state index in [9.17, 15) is 28.4 Å². The van der Waals surface area contributed by atoms with Gasteiger partial charge in [-0.1, -0.05) is 30.3 Å². The van der Waals surface area contributed by atoms with Gasteiger partial charge in [0.1, 0.15) is 17.0 Å². The number of urea groups is 1. The zero-order valence-electron chi connectivity index (χ0n) is 24.9. The molecule has 0 saturated carbocycles. The van der Waals surface area contributed by atoms with Crippen molar-refractivity contribution in [1.82, 2.24) is 14.7 Å². The summed E-state index contributed by atoms with van der Waals surface area (Å²) in [6, 6.07) is 13.3. The Hall–Kier alpha value is -4.78. The molecule has 13 heteroatoms. The molecule has 4 rings (SSSR count). The molecule has 2 aromatic rings. The highest BCUT2D eigenvalue weighted by molar-refractivity contribution is 6.18. The first-order valence-corrected chi connectivity index (χ1v) is 14.0. The van der Waals surface area contributed by atoms with Crippen LogP contribution < -0.4 is 9.64 Å². The van der Waals surface area contributed by atoms with Gasteiger partial charge in [-0.25, -0.2) is 18.8 Å². The number of imide groups is 2. The van der Waals surface area contributed by atoms with E-state index < -0.39 is 35.2 Å². The predicted molar refractivity (Wildman–Crippen MR) is 159 cm³/mol. The zero-order valence-corrected chi connectivity index (χ0v) is 24.9. The molecular formula is C31H37FN4O8. The van der Waals surface area contributed by atoms with Crippen molar-refractivity contribution in [3.8, 4) is 5.75 Å². The number of barbiturate groups is 1. The first-order valence-electron chi connectivity index (χ1n) is 14.0. The fourth-order valence-corrected chi connectivity index (χ4v) is 4.91. The molecular weight excluding hydrogens is 575 g/mol. The van der Waals surface area contributed by atoms with E-state index in [1.54, 1.807) is 19.9 Å². The van der Waals surface area contributed by atoms with E-state index in [1.807, 2.05) is 30.3 Å². The number of rotatable bonds is 10. The van der Waals surface area contributed by atoms with Gasteiger partial charge >= 0.3 is 18.0 Å². The number of amides is 4. The Balaban J connectivity index is 0.000000583. The van der Waals surface area contributed by atoms with Crippen LogP contribution in [0.2, 0.25) is 0 Å². The second kappa shape index (κ2) is 15.1. The van der Waals surface area contributed by atoms with Gasteiger partial charge in [0.15, 0.2) is 0 Å². The predicted octanol–water partition coefficient (Wildman–Crippen LogP) is 3.08. The van der Waals surface area contributed by atoms with Crippen molar-refractivity contribution in [2.24, 2.45) is 5.41 Å². The minimum absolute atomic E-state index is 0.139. The van der Waals surface area contributed by atoms with Crippen LogP contribution in [-0.2, 0) is 25.7 Å². The van der Waals surface area contributed by atoms with Gasteiger partial charge in [-0.3, -0.25) is 24.3 Å². The van der Waals surface area contributed by atoms with Crippen LogP contribution in [0, 0.1) is 11.2 Å². The molecule has 0 radical (unpaired) electrons. The van der Waals surface area contributed by atoms with Crippen molar-refractivity contribution in [2.45, 2.75) is 26.8 Å². The van der Waals surface area contributed by atoms with Crippen molar-refractivity contribution >= 4 is 35.5 Å². The van der Waals surface area contributed by atoms with Gasteiger partial charge in [0.05, 0.1) is 19.3 Å². The van der Waals surface area contributed by atoms with Gasteiger partial charge in [0.25, 0.3) is 0 Å². The highest BCUT2D eigenvalue weighted by Gasteiger charge is 2.51. The van der Waals surface area contributed by atoms with E-state index in [4.69, 9.17) is 14.9 Å². The third kappa shape index (κ3) is 8.63. The van der Waals surface area contributed by atoms with E-state index in [2.05, 4.69) is 9.80 Å². The zero-order chi connectivity index (χ0) is 32.4. The van der Waals surface area contributed by atoms with Crippen LogP contribution in [0.1, 0.15) is 25.8 Å². The molecule has 2 fully saturated rings. The number of nitrogens with zero attached hydrogens (tertiary/aromatic N) is 4. The molecule has 2 saturated heterocycles. The number of piperazine rings is 1. The SMILES string of the molecule is COc1cc(F)ccc1N1CCN(CCCN2C(=O)N(Cc3ccccc3)C(=O)C(C)(C)C2=O)CC1.O=C(O)/C=C/C(=O)O. The number of carboxylic acids is 2. The molecule has 2 aliphatic rings. The average Bonchev–Trinajstić information content (AvgIpc) is 3.00. The number of carbonyl (C=O) groups is 5. The minimum Gasteiger partial charge on any atom is -0.494 e. The maximum Gasteiger partial charge on any atom is 0.333 e. The van der Waals surface area contributed by atoms with E-state index in [0.29, 0.717) is 24.3 Å². The molecule has 0 atom stereocenters. The molecule has 2 heterocycles. The number of carboxylic acid groups (broad SMARTS) is 2. The molecule has 236 valence electrons. The molecule has 12 nitrogen and oxygen atoms in total. The topological polar surface area (TPSA) is 148 Å². The molecule has 0 unspecified atom stereocenters. The van der Waals surface area contributed by atoms with Gasteiger partial charge in [-0.15, -0.1) is 0 Å². The van der Waals surface area contributed by atoms with E-state index in [1.165, 1.54) is 29.0 Å². The Morgan fingerprint density at radius 1 is 0.886 bits per heavy atom. The van der Waals surface area contributed by atoms with Crippen LogP contribution in [0.4, 0.5) is 14.9 Å². The largest absolute Gasteiger partial charge is 0.494 e. The van der Waals surface area contributed by atoms with Crippen LogP contribution in [-0.4, -0.2) is 101 Å². The second-order valence-electron chi connectivity index (χ2n) is 10.7. The Labute approximate surface area is 254 Å². The summed E-state index contributed by atoms with van der Waals surface area (Å²) >= 11 is 0. The number of hydrogen-bond donors (Lipinski definition) is 2. The molecule has 2 N–H and O–H groups in total. The van der Waals surface area contributed by atoms with Crippen LogP contribution in [0.5, 0.6) is 5.75 Å². The lowest BCUT2D eigenvalue weighted by atomic mass is 9.87. The number of benzene rings is 2. The van der Waals surface area contributed by atoms with Gasteiger partial charge < -0.3 is 19.8 Å². The highest BCUT2D eigenvalue weighted by Crippen LogP contribution is 2.31. The van der Waals surface area contributed by atoms with E-state index in [0.717, 1.165) is 44.0 Å². The molecule has 0 bridgehead atoms. The third-order valence-electron chi connectivity index (χ3n) is 7.28. The fourth-order valence-electron chi connectivity index (χ4n) is 4.91. The van der Waals surface area contributed by atoms with Crippen molar-refractivity contribution in [3.05, 3.63) is 72.1 Å².